The molecule has 0 amide bonds. The van der Waals surface area contributed by atoms with Gasteiger partial charge in [-0.25, -0.2) is 13.2 Å². The Morgan fingerprint density at radius 2 is 1.83 bits per heavy atom. The Labute approximate surface area is 145 Å². The predicted octanol–water partition coefficient (Wildman–Crippen LogP) is 3.10. The summed E-state index contributed by atoms with van der Waals surface area (Å²) in [5.74, 6) is -0.0371. The quantitative estimate of drug-likeness (QED) is 0.781. The van der Waals surface area contributed by atoms with Gasteiger partial charge in [-0.2, -0.15) is 4.31 Å². The molecule has 1 aromatic heterocycles. The van der Waals surface area contributed by atoms with Crippen LogP contribution in [0.3, 0.4) is 0 Å². The van der Waals surface area contributed by atoms with Crippen molar-refractivity contribution in [3.8, 4) is 0 Å². The average Bonchev–Trinajstić information content (AvgIpc) is 3.17. The van der Waals surface area contributed by atoms with Crippen molar-refractivity contribution in [1.82, 2.24) is 4.31 Å². The predicted molar refractivity (Wildman–Crippen MR) is 92.8 cm³/mol. The van der Waals surface area contributed by atoms with Crippen molar-refractivity contribution in [2.75, 3.05) is 20.2 Å². The summed E-state index contributed by atoms with van der Waals surface area (Å²) >= 11 is 1.25. The summed E-state index contributed by atoms with van der Waals surface area (Å²) in [7, 11) is -1.99. The first-order chi connectivity index (χ1) is 11.5. The highest BCUT2D eigenvalue weighted by molar-refractivity contribution is 7.91. The second-order valence-corrected chi connectivity index (χ2v) is 8.84. The number of nitrogens with zero attached hydrogens (tertiary/aromatic N) is 1. The number of esters is 1. The lowest BCUT2D eigenvalue weighted by Gasteiger charge is -2.31. The zero-order chi connectivity index (χ0) is 17.2. The molecule has 0 saturated carbocycles. The molecule has 1 saturated heterocycles. The molecule has 2 heterocycles. The maximum atomic E-state index is 12.5. The molecule has 0 radical (unpaired) electrons. The van der Waals surface area contributed by atoms with E-state index in [0.29, 0.717) is 28.8 Å². The standard InChI is InChI=1S/C17H19NO4S2/c1-22-17(19)15-6-4-13(5-7-15)14-8-10-18(11-9-14)24(20,21)16-3-2-12-23-16/h2-7,12,14H,8-11H2,1H3. The molecule has 7 heteroatoms. The van der Waals surface area contributed by atoms with E-state index in [2.05, 4.69) is 0 Å². The van der Waals surface area contributed by atoms with Crippen molar-refractivity contribution in [2.24, 2.45) is 0 Å². The Morgan fingerprint density at radius 1 is 1.17 bits per heavy atom. The first kappa shape index (κ1) is 17.1. The van der Waals surface area contributed by atoms with Gasteiger partial charge in [0.1, 0.15) is 4.21 Å². The average molecular weight is 365 g/mol. The summed E-state index contributed by atoms with van der Waals surface area (Å²) in [5.41, 5.74) is 1.66. The Balaban J connectivity index is 1.66. The van der Waals surface area contributed by atoms with Crippen LogP contribution in [0.5, 0.6) is 0 Å². The highest BCUT2D eigenvalue weighted by atomic mass is 32.2. The molecule has 1 aromatic carbocycles. The molecule has 128 valence electrons. The third-order valence-electron chi connectivity index (χ3n) is 4.35. The van der Waals surface area contributed by atoms with Crippen LogP contribution in [-0.4, -0.2) is 38.9 Å². The van der Waals surface area contributed by atoms with Gasteiger partial charge in [0, 0.05) is 13.1 Å². The van der Waals surface area contributed by atoms with E-state index < -0.39 is 10.0 Å². The van der Waals surface area contributed by atoms with E-state index in [4.69, 9.17) is 4.74 Å². The third kappa shape index (κ3) is 3.38. The maximum Gasteiger partial charge on any atom is 0.337 e. The molecule has 5 nitrogen and oxygen atoms in total. The lowest BCUT2D eigenvalue weighted by atomic mass is 9.90. The smallest absolute Gasteiger partial charge is 0.337 e. The molecule has 0 atom stereocenters. The summed E-state index contributed by atoms with van der Waals surface area (Å²) in [5, 5.41) is 1.78. The van der Waals surface area contributed by atoms with E-state index in [0.717, 1.165) is 18.4 Å². The van der Waals surface area contributed by atoms with Crippen LogP contribution in [0, 0.1) is 0 Å². The molecular formula is C17H19NO4S2. The number of methoxy groups -OCH3 is 1. The van der Waals surface area contributed by atoms with Crippen molar-refractivity contribution >= 4 is 27.3 Å². The molecular weight excluding hydrogens is 346 g/mol. The molecule has 1 aliphatic rings. The molecule has 0 aliphatic carbocycles. The molecule has 0 N–H and O–H groups in total. The van der Waals surface area contributed by atoms with Gasteiger partial charge in [-0.15, -0.1) is 11.3 Å². The molecule has 2 aromatic rings. The van der Waals surface area contributed by atoms with Gasteiger partial charge < -0.3 is 4.74 Å². The number of ether oxygens (including phenoxy) is 1. The van der Waals surface area contributed by atoms with Crippen molar-refractivity contribution < 1.29 is 17.9 Å². The van der Waals surface area contributed by atoms with Gasteiger partial charge in [-0.05, 0) is 47.9 Å². The normalized spacial score (nSPS) is 16.9. The van der Waals surface area contributed by atoms with Gasteiger partial charge in [-0.3, -0.25) is 0 Å². The number of carbonyl (C=O) groups excluding carboxylic acids is 1. The number of hydrogen-bond donors (Lipinski definition) is 0. The summed E-state index contributed by atoms with van der Waals surface area (Å²) in [6, 6.07) is 10.8. The van der Waals surface area contributed by atoms with Crippen molar-refractivity contribution in [3.05, 3.63) is 52.9 Å². The highest BCUT2D eigenvalue weighted by Gasteiger charge is 2.30. The van der Waals surface area contributed by atoms with Crippen LogP contribution in [0.2, 0.25) is 0 Å². The van der Waals surface area contributed by atoms with E-state index in [1.807, 2.05) is 12.1 Å². The van der Waals surface area contributed by atoms with E-state index in [1.165, 1.54) is 18.4 Å². The Morgan fingerprint density at radius 3 is 2.38 bits per heavy atom. The second kappa shape index (κ2) is 7.04. The summed E-state index contributed by atoms with van der Waals surface area (Å²) < 4.78 is 31.7. The summed E-state index contributed by atoms with van der Waals surface area (Å²) in [6.07, 6.45) is 1.56. The SMILES string of the molecule is COC(=O)c1ccc(C2CCN(S(=O)(=O)c3cccs3)CC2)cc1. The van der Waals surface area contributed by atoms with Crippen molar-refractivity contribution in [2.45, 2.75) is 23.0 Å². The minimum atomic E-state index is -3.35. The zero-order valence-electron chi connectivity index (χ0n) is 13.3. The fourth-order valence-corrected chi connectivity index (χ4v) is 5.59. The number of piperidine rings is 1. The summed E-state index contributed by atoms with van der Waals surface area (Å²) in [6.45, 7) is 1.04. The molecule has 1 fully saturated rings. The number of carbonyl (C=O) groups is 1. The van der Waals surface area contributed by atoms with E-state index in [-0.39, 0.29) is 5.97 Å². The van der Waals surface area contributed by atoms with Gasteiger partial charge in [0.05, 0.1) is 12.7 Å². The number of benzene rings is 1. The van der Waals surface area contributed by atoms with Crippen molar-refractivity contribution in [3.63, 3.8) is 0 Å². The van der Waals surface area contributed by atoms with Gasteiger partial charge >= 0.3 is 5.97 Å². The number of rotatable bonds is 4. The zero-order valence-corrected chi connectivity index (χ0v) is 15.0. The Hall–Kier alpha value is -1.70. The monoisotopic (exact) mass is 365 g/mol. The van der Waals surface area contributed by atoms with Gasteiger partial charge in [0.2, 0.25) is 0 Å². The first-order valence-electron chi connectivity index (χ1n) is 7.74. The molecule has 1 aliphatic heterocycles. The van der Waals surface area contributed by atoms with Crippen molar-refractivity contribution in [1.29, 1.82) is 0 Å². The lowest BCUT2D eigenvalue weighted by molar-refractivity contribution is 0.0600. The van der Waals surface area contributed by atoms with Crippen LogP contribution in [0.25, 0.3) is 0 Å². The number of sulfonamides is 1. The lowest BCUT2D eigenvalue weighted by Crippen LogP contribution is -2.37. The fraction of sp³-hybridized carbons (Fsp3) is 0.353. The maximum absolute atomic E-state index is 12.5. The van der Waals surface area contributed by atoms with E-state index in [1.54, 1.807) is 34.0 Å². The third-order valence-corrected chi connectivity index (χ3v) is 7.62. The minimum Gasteiger partial charge on any atom is -0.465 e. The van der Waals surface area contributed by atoms with Crippen LogP contribution in [0.1, 0.15) is 34.7 Å². The van der Waals surface area contributed by atoms with Gasteiger partial charge in [0.25, 0.3) is 10.0 Å². The Bertz CT molecular complexity index is 790. The number of thiophene rings is 1. The summed E-state index contributed by atoms with van der Waals surface area (Å²) in [4.78, 5) is 11.5. The molecule has 3 rings (SSSR count). The van der Waals surface area contributed by atoms with E-state index >= 15 is 0 Å². The first-order valence-corrected chi connectivity index (χ1v) is 10.1. The van der Waals surface area contributed by atoms with E-state index in [9.17, 15) is 13.2 Å². The molecule has 0 spiro atoms. The molecule has 24 heavy (non-hydrogen) atoms. The Kier molecular flexibility index (Phi) is 5.03. The highest BCUT2D eigenvalue weighted by Crippen LogP contribution is 2.31. The van der Waals surface area contributed by atoms with Crippen LogP contribution in [0.15, 0.2) is 46.0 Å². The van der Waals surface area contributed by atoms with Gasteiger partial charge in [-0.1, -0.05) is 18.2 Å². The van der Waals surface area contributed by atoms with Crippen LogP contribution >= 0.6 is 11.3 Å². The number of hydrogen-bond acceptors (Lipinski definition) is 5. The van der Waals surface area contributed by atoms with Gasteiger partial charge in [0.15, 0.2) is 0 Å². The van der Waals surface area contributed by atoms with Crippen LogP contribution in [0.4, 0.5) is 0 Å². The largest absolute Gasteiger partial charge is 0.465 e. The minimum absolute atomic E-state index is 0.312. The van der Waals surface area contributed by atoms with Crippen LogP contribution < -0.4 is 0 Å². The topological polar surface area (TPSA) is 63.7 Å². The molecule has 0 unspecified atom stereocenters. The molecule has 0 bridgehead atoms. The van der Waals surface area contributed by atoms with Crippen LogP contribution in [-0.2, 0) is 14.8 Å². The fourth-order valence-electron chi connectivity index (χ4n) is 2.98. The second-order valence-electron chi connectivity index (χ2n) is 5.72.